The first-order valence-electron chi connectivity index (χ1n) is 7.21. The third kappa shape index (κ3) is 2.93. The first kappa shape index (κ1) is 14.1. The van der Waals surface area contributed by atoms with Crippen LogP contribution in [0.5, 0.6) is 0 Å². The number of aryl methyl sites for hydroxylation is 1. The molecule has 0 saturated heterocycles. The van der Waals surface area contributed by atoms with Gasteiger partial charge in [0, 0.05) is 19.2 Å². The highest BCUT2D eigenvalue weighted by molar-refractivity contribution is 5.93. The third-order valence-electron chi connectivity index (χ3n) is 3.38. The van der Waals surface area contributed by atoms with Crippen LogP contribution in [0, 0.1) is 0 Å². The molecule has 3 aromatic rings. The Bertz CT molecular complexity index is 746. The van der Waals surface area contributed by atoms with E-state index in [2.05, 4.69) is 10.4 Å². The lowest BCUT2D eigenvalue weighted by Crippen LogP contribution is -2.23. The number of amides is 1. The fourth-order valence-corrected chi connectivity index (χ4v) is 2.26. The van der Waals surface area contributed by atoms with E-state index in [0.717, 1.165) is 11.3 Å². The summed E-state index contributed by atoms with van der Waals surface area (Å²) < 4.78 is 7.15. The first-order chi connectivity index (χ1) is 10.8. The highest BCUT2D eigenvalue weighted by Gasteiger charge is 2.16. The SMILES string of the molecule is CCn1nc(C(=O)NCc2ccccc2)cc1-c1ccco1. The number of carbonyl (C=O) groups is 1. The van der Waals surface area contributed by atoms with Gasteiger partial charge in [-0.3, -0.25) is 9.48 Å². The monoisotopic (exact) mass is 295 g/mol. The summed E-state index contributed by atoms with van der Waals surface area (Å²) in [5.41, 5.74) is 2.25. The zero-order chi connectivity index (χ0) is 15.4. The fourth-order valence-electron chi connectivity index (χ4n) is 2.26. The summed E-state index contributed by atoms with van der Waals surface area (Å²) in [7, 11) is 0. The van der Waals surface area contributed by atoms with Gasteiger partial charge < -0.3 is 9.73 Å². The van der Waals surface area contributed by atoms with Gasteiger partial charge in [-0.25, -0.2) is 0 Å². The summed E-state index contributed by atoms with van der Waals surface area (Å²) in [6.45, 7) is 3.13. The Morgan fingerprint density at radius 1 is 1.23 bits per heavy atom. The van der Waals surface area contributed by atoms with Gasteiger partial charge in [0.15, 0.2) is 11.5 Å². The molecule has 2 heterocycles. The molecule has 5 nitrogen and oxygen atoms in total. The molecule has 0 saturated carbocycles. The number of nitrogens with zero attached hydrogens (tertiary/aromatic N) is 2. The second-order valence-corrected chi connectivity index (χ2v) is 4.88. The quantitative estimate of drug-likeness (QED) is 0.787. The van der Waals surface area contributed by atoms with Crippen molar-refractivity contribution in [3.05, 3.63) is 66.1 Å². The van der Waals surface area contributed by atoms with Gasteiger partial charge in [-0.15, -0.1) is 0 Å². The van der Waals surface area contributed by atoms with Gasteiger partial charge in [0.1, 0.15) is 5.69 Å². The molecule has 0 unspecified atom stereocenters. The van der Waals surface area contributed by atoms with E-state index in [0.29, 0.717) is 24.5 Å². The maximum absolute atomic E-state index is 12.3. The molecule has 1 amide bonds. The molecular formula is C17H17N3O2. The van der Waals surface area contributed by atoms with Crippen molar-refractivity contribution >= 4 is 5.91 Å². The highest BCUT2D eigenvalue weighted by atomic mass is 16.3. The smallest absolute Gasteiger partial charge is 0.272 e. The van der Waals surface area contributed by atoms with Gasteiger partial charge in [0.05, 0.1) is 6.26 Å². The van der Waals surface area contributed by atoms with Crippen molar-refractivity contribution in [1.29, 1.82) is 0 Å². The summed E-state index contributed by atoms with van der Waals surface area (Å²) in [6.07, 6.45) is 1.61. The summed E-state index contributed by atoms with van der Waals surface area (Å²) in [6, 6.07) is 15.2. The molecule has 112 valence electrons. The largest absolute Gasteiger partial charge is 0.463 e. The third-order valence-corrected chi connectivity index (χ3v) is 3.38. The average Bonchev–Trinajstić information content (AvgIpc) is 3.22. The second kappa shape index (κ2) is 6.30. The average molecular weight is 295 g/mol. The maximum atomic E-state index is 12.3. The Morgan fingerprint density at radius 3 is 2.73 bits per heavy atom. The molecule has 0 aliphatic rings. The molecule has 0 aliphatic carbocycles. The fraction of sp³-hybridized carbons (Fsp3) is 0.176. The molecule has 22 heavy (non-hydrogen) atoms. The van der Waals surface area contributed by atoms with Gasteiger partial charge in [-0.1, -0.05) is 30.3 Å². The van der Waals surface area contributed by atoms with E-state index in [1.54, 1.807) is 17.0 Å². The summed E-state index contributed by atoms with van der Waals surface area (Å²) in [5.74, 6) is 0.514. The highest BCUT2D eigenvalue weighted by Crippen LogP contribution is 2.21. The zero-order valence-electron chi connectivity index (χ0n) is 12.3. The van der Waals surface area contributed by atoms with E-state index in [1.807, 2.05) is 49.4 Å². The lowest BCUT2D eigenvalue weighted by atomic mass is 10.2. The summed E-state index contributed by atoms with van der Waals surface area (Å²) in [4.78, 5) is 12.3. The minimum atomic E-state index is -0.191. The molecule has 1 N–H and O–H groups in total. The number of rotatable bonds is 5. The Balaban J connectivity index is 1.76. The Kier molecular flexibility index (Phi) is 4.05. The van der Waals surface area contributed by atoms with Gasteiger partial charge in [-0.05, 0) is 24.6 Å². The Labute approximate surface area is 128 Å². The molecule has 3 rings (SSSR count). The molecule has 0 radical (unpaired) electrons. The van der Waals surface area contributed by atoms with E-state index < -0.39 is 0 Å². The Morgan fingerprint density at radius 2 is 2.05 bits per heavy atom. The normalized spacial score (nSPS) is 10.6. The Hall–Kier alpha value is -2.82. The van der Waals surface area contributed by atoms with Crippen LogP contribution in [-0.4, -0.2) is 15.7 Å². The zero-order valence-corrected chi connectivity index (χ0v) is 12.3. The van der Waals surface area contributed by atoms with Crippen LogP contribution in [0.3, 0.4) is 0 Å². The maximum Gasteiger partial charge on any atom is 0.272 e. The number of furan rings is 1. The van der Waals surface area contributed by atoms with Crippen molar-refractivity contribution in [2.24, 2.45) is 0 Å². The van der Waals surface area contributed by atoms with Gasteiger partial charge in [0.2, 0.25) is 0 Å². The van der Waals surface area contributed by atoms with Crippen LogP contribution in [0.2, 0.25) is 0 Å². The molecule has 0 atom stereocenters. The lowest BCUT2D eigenvalue weighted by molar-refractivity contribution is 0.0945. The van der Waals surface area contributed by atoms with Crippen LogP contribution in [0.1, 0.15) is 23.0 Å². The molecule has 5 heteroatoms. The van der Waals surface area contributed by atoms with E-state index in [-0.39, 0.29) is 5.91 Å². The van der Waals surface area contributed by atoms with E-state index in [1.165, 1.54) is 0 Å². The first-order valence-corrected chi connectivity index (χ1v) is 7.21. The lowest BCUT2D eigenvalue weighted by Gasteiger charge is -2.02. The van der Waals surface area contributed by atoms with E-state index in [4.69, 9.17) is 4.42 Å². The summed E-state index contributed by atoms with van der Waals surface area (Å²) in [5, 5.41) is 7.22. The number of nitrogens with one attached hydrogen (secondary N) is 1. The summed E-state index contributed by atoms with van der Waals surface area (Å²) >= 11 is 0. The molecule has 2 aromatic heterocycles. The van der Waals surface area contributed by atoms with Crippen molar-refractivity contribution in [1.82, 2.24) is 15.1 Å². The molecule has 0 spiro atoms. The van der Waals surface area contributed by atoms with Crippen LogP contribution in [-0.2, 0) is 13.1 Å². The van der Waals surface area contributed by atoms with Crippen molar-refractivity contribution < 1.29 is 9.21 Å². The van der Waals surface area contributed by atoms with Crippen molar-refractivity contribution in [3.63, 3.8) is 0 Å². The van der Waals surface area contributed by atoms with Gasteiger partial charge >= 0.3 is 0 Å². The van der Waals surface area contributed by atoms with Crippen LogP contribution < -0.4 is 5.32 Å². The number of hydrogen-bond donors (Lipinski definition) is 1. The number of benzene rings is 1. The van der Waals surface area contributed by atoms with Crippen molar-refractivity contribution in [2.45, 2.75) is 20.0 Å². The van der Waals surface area contributed by atoms with Gasteiger partial charge in [-0.2, -0.15) is 5.10 Å². The molecule has 0 fully saturated rings. The van der Waals surface area contributed by atoms with E-state index >= 15 is 0 Å². The topological polar surface area (TPSA) is 60.1 Å². The predicted octanol–water partition coefficient (Wildman–Crippen LogP) is 3.09. The van der Waals surface area contributed by atoms with Crippen LogP contribution in [0.4, 0.5) is 0 Å². The van der Waals surface area contributed by atoms with Gasteiger partial charge in [0.25, 0.3) is 5.91 Å². The van der Waals surface area contributed by atoms with E-state index in [9.17, 15) is 4.79 Å². The standard InChI is InChI=1S/C17H17N3O2/c1-2-20-15(16-9-6-10-22-16)11-14(19-20)17(21)18-12-13-7-4-3-5-8-13/h3-11H,2,12H2,1H3,(H,18,21). The minimum absolute atomic E-state index is 0.191. The van der Waals surface area contributed by atoms with Crippen LogP contribution in [0.15, 0.2) is 59.2 Å². The molecule has 0 bridgehead atoms. The molecular weight excluding hydrogens is 278 g/mol. The second-order valence-electron chi connectivity index (χ2n) is 4.88. The van der Waals surface area contributed by atoms with Crippen molar-refractivity contribution in [2.75, 3.05) is 0 Å². The number of aromatic nitrogens is 2. The molecule has 1 aromatic carbocycles. The number of carbonyl (C=O) groups excluding carboxylic acids is 1. The van der Waals surface area contributed by atoms with Crippen molar-refractivity contribution in [3.8, 4) is 11.5 Å². The number of hydrogen-bond acceptors (Lipinski definition) is 3. The van der Waals surface area contributed by atoms with Crippen LogP contribution in [0.25, 0.3) is 11.5 Å². The predicted molar refractivity (Wildman–Crippen MR) is 83.2 cm³/mol. The molecule has 0 aliphatic heterocycles. The minimum Gasteiger partial charge on any atom is -0.463 e. The van der Waals surface area contributed by atoms with Crippen LogP contribution >= 0.6 is 0 Å².